The third kappa shape index (κ3) is 4.55. The summed E-state index contributed by atoms with van der Waals surface area (Å²) in [6, 6.07) is 2.08. The maximum Gasteiger partial charge on any atom is 0.222 e. The van der Waals surface area contributed by atoms with E-state index in [0.717, 1.165) is 22.9 Å². The average molecular weight is 375 g/mol. The van der Waals surface area contributed by atoms with E-state index in [1.807, 2.05) is 36.9 Å². The minimum Gasteiger partial charge on any atom is -0.346 e. The molecule has 3 aromatic rings. The molecular formula is C18H22N4OS2. The molecule has 1 N–H and O–H groups in total. The molecule has 0 unspecified atom stereocenters. The van der Waals surface area contributed by atoms with Crippen molar-refractivity contribution in [2.24, 2.45) is 0 Å². The molecular weight excluding hydrogens is 352 g/mol. The number of nitrogens with zero attached hydrogens (tertiary/aromatic N) is 3. The van der Waals surface area contributed by atoms with Gasteiger partial charge in [-0.2, -0.15) is 11.3 Å². The van der Waals surface area contributed by atoms with Crippen LogP contribution in [0.25, 0.3) is 0 Å². The SMILES string of the molecule is Cc1csc([C@@H](Cc2ccsc2)NC(=O)C[C@H](C)n2ccnc2C)n1. The highest BCUT2D eigenvalue weighted by Gasteiger charge is 2.20. The lowest BCUT2D eigenvalue weighted by Crippen LogP contribution is -2.31. The second-order valence-corrected chi connectivity index (χ2v) is 7.89. The van der Waals surface area contributed by atoms with Gasteiger partial charge >= 0.3 is 0 Å². The molecule has 0 aliphatic heterocycles. The molecule has 0 saturated heterocycles. The zero-order valence-electron chi connectivity index (χ0n) is 14.6. The second kappa shape index (κ2) is 7.93. The van der Waals surface area contributed by atoms with Crippen molar-refractivity contribution in [1.82, 2.24) is 19.9 Å². The van der Waals surface area contributed by atoms with E-state index in [4.69, 9.17) is 0 Å². The average Bonchev–Trinajstić information content (AvgIpc) is 3.28. The fraction of sp³-hybridized carbons (Fsp3) is 0.389. The number of rotatable bonds is 7. The van der Waals surface area contributed by atoms with E-state index in [1.54, 1.807) is 28.9 Å². The Labute approximate surface area is 155 Å². The number of nitrogens with one attached hydrogen (secondary N) is 1. The molecule has 3 aromatic heterocycles. The highest BCUT2D eigenvalue weighted by molar-refractivity contribution is 7.09. The summed E-state index contributed by atoms with van der Waals surface area (Å²) in [7, 11) is 0. The molecule has 132 valence electrons. The summed E-state index contributed by atoms with van der Waals surface area (Å²) < 4.78 is 2.03. The van der Waals surface area contributed by atoms with Gasteiger partial charge in [-0.25, -0.2) is 9.97 Å². The Hall–Kier alpha value is -1.99. The van der Waals surface area contributed by atoms with Crippen LogP contribution in [0.5, 0.6) is 0 Å². The van der Waals surface area contributed by atoms with Crippen LogP contribution in [0.3, 0.4) is 0 Å². The summed E-state index contributed by atoms with van der Waals surface area (Å²) in [6.45, 7) is 5.97. The maximum atomic E-state index is 12.6. The van der Waals surface area contributed by atoms with Gasteiger partial charge in [-0.05, 0) is 43.2 Å². The molecule has 0 spiro atoms. The number of hydrogen-bond acceptors (Lipinski definition) is 5. The van der Waals surface area contributed by atoms with E-state index in [2.05, 4.69) is 32.1 Å². The number of aryl methyl sites for hydroxylation is 2. The Morgan fingerprint density at radius 3 is 2.80 bits per heavy atom. The first-order chi connectivity index (χ1) is 12.0. The lowest BCUT2D eigenvalue weighted by Gasteiger charge is -2.19. The fourth-order valence-electron chi connectivity index (χ4n) is 2.85. The van der Waals surface area contributed by atoms with Crippen molar-refractivity contribution in [2.75, 3.05) is 0 Å². The van der Waals surface area contributed by atoms with Gasteiger partial charge in [0.1, 0.15) is 10.8 Å². The zero-order valence-corrected chi connectivity index (χ0v) is 16.2. The van der Waals surface area contributed by atoms with Gasteiger partial charge in [0.15, 0.2) is 0 Å². The maximum absolute atomic E-state index is 12.6. The van der Waals surface area contributed by atoms with Crippen LogP contribution in [-0.4, -0.2) is 20.4 Å². The summed E-state index contributed by atoms with van der Waals surface area (Å²) in [4.78, 5) is 21.4. The van der Waals surface area contributed by atoms with Crippen LogP contribution in [0.1, 0.15) is 47.5 Å². The molecule has 0 aromatic carbocycles. The quantitative estimate of drug-likeness (QED) is 0.678. The lowest BCUT2D eigenvalue weighted by molar-refractivity contribution is -0.122. The smallest absolute Gasteiger partial charge is 0.222 e. The van der Waals surface area contributed by atoms with Crippen LogP contribution in [0.4, 0.5) is 0 Å². The molecule has 7 heteroatoms. The summed E-state index contributed by atoms with van der Waals surface area (Å²) >= 11 is 3.27. The minimum atomic E-state index is -0.0862. The van der Waals surface area contributed by atoms with Crippen LogP contribution in [-0.2, 0) is 11.2 Å². The summed E-state index contributed by atoms with van der Waals surface area (Å²) in [5.74, 6) is 0.958. The Bertz CT molecular complexity index is 822. The molecule has 1 amide bonds. The monoisotopic (exact) mass is 374 g/mol. The molecule has 5 nitrogen and oxygen atoms in total. The number of aromatic nitrogens is 3. The van der Waals surface area contributed by atoms with E-state index < -0.39 is 0 Å². The van der Waals surface area contributed by atoms with Gasteiger partial charge in [-0.1, -0.05) is 0 Å². The van der Waals surface area contributed by atoms with Gasteiger partial charge in [-0.3, -0.25) is 4.79 Å². The van der Waals surface area contributed by atoms with Crippen molar-refractivity contribution in [2.45, 2.75) is 45.7 Å². The standard InChI is InChI=1S/C18H22N4OS2/c1-12-10-25-18(20-12)16(9-15-4-7-24-11-15)21-17(23)8-13(2)22-6-5-19-14(22)3/h4-7,10-11,13,16H,8-9H2,1-3H3,(H,21,23)/t13-,16+/m0/s1. The minimum absolute atomic E-state index is 0.0358. The van der Waals surface area contributed by atoms with Crippen molar-refractivity contribution >= 4 is 28.6 Å². The predicted molar refractivity (Wildman–Crippen MR) is 102 cm³/mol. The van der Waals surface area contributed by atoms with E-state index >= 15 is 0 Å². The largest absolute Gasteiger partial charge is 0.346 e. The lowest BCUT2D eigenvalue weighted by atomic mass is 10.1. The van der Waals surface area contributed by atoms with E-state index in [0.29, 0.717) is 6.42 Å². The predicted octanol–water partition coefficient (Wildman–Crippen LogP) is 4.07. The molecule has 2 atom stereocenters. The Morgan fingerprint density at radius 1 is 1.36 bits per heavy atom. The zero-order chi connectivity index (χ0) is 17.8. The van der Waals surface area contributed by atoms with Gasteiger partial charge in [0.2, 0.25) is 5.91 Å². The third-order valence-corrected chi connectivity index (χ3v) is 5.92. The number of thiazole rings is 1. The summed E-state index contributed by atoms with van der Waals surface area (Å²) in [5.41, 5.74) is 2.22. The van der Waals surface area contributed by atoms with E-state index in [-0.39, 0.29) is 18.0 Å². The van der Waals surface area contributed by atoms with Crippen molar-refractivity contribution in [3.8, 4) is 0 Å². The van der Waals surface area contributed by atoms with Gasteiger partial charge in [0.05, 0.1) is 6.04 Å². The summed E-state index contributed by atoms with van der Waals surface area (Å²) in [5, 5.41) is 10.3. The number of thiophene rings is 1. The van der Waals surface area contributed by atoms with Crippen LogP contribution in [0.15, 0.2) is 34.6 Å². The number of carbonyl (C=O) groups is 1. The van der Waals surface area contributed by atoms with Gasteiger partial charge in [0.25, 0.3) is 0 Å². The Kier molecular flexibility index (Phi) is 5.65. The summed E-state index contributed by atoms with van der Waals surface area (Å²) in [6.07, 6.45) is 4.87. The number of amides is 1. The van der Waals surface area contributed by atoms with E-state index in [1.165, 1.54) is 5.56 Å². The van der Waals surface area contributed by atoms with Gasteiger partial charge < -0.3 is 9.88 Å². The second-order valence-electron chi connectivity index (χ2n) is 6.22. The molecule has 3 rings (SSSR count). The highest BCUT2D eigenvalue weighted by Crippen LogP contribution is 2.24. The topological polar surface area (TPSA) is 59.8 Å². The molecule has 0 fully saturated rings. The van der Waals surface area contributed by atoms with Crippen LogP contribution >= 0.6 is 22.7 Å². The van der Waals surface area contributed by atoms with E-state index in [9.17, 15) is 4.79 Å². The Balaban J connectivity index is 1.68. The molecule has 0 aliphatic carbocycles. The first-order valence-corrected chi connectivity index (χ1v) is 10.1. The molecule has 0 radical (unpaired) electrons. The van der Waals surface area contributed by atoms with Crippen LogP contribution in [0.2, 0.25) is 0 Å². The highest BCUT2D eigenvalue weighted by atomic mass is 32.1. The normalized spacial score (nSPS) is 13.6. The molecule has 0 bridgehead atoms. The van der Waals surface area contributed by atoms with Gasteiger partial charge in [-0.15, -0.1) is 11.3 Å². The molecule has 25 heavy (non-hydrogen) atoms. The first-order valence-electron chi connectivity index (χ1n) is 8.25. The molecule has 0 aliphatic rings. The number of hydrogen-bond donors (Lipinski definition) is 1. The number of carbonyl (C=O) groups excluding carboxylic acids is 1. The van der Waals surface area contributed by atoms with Crippen molar-refractivity contribution in [3.05, 3.63) is 56.7 Å². The van der Waals surface area contributed by atoms with Crippen molar-refractivity contribution in [3.63, 3.8) is 0 Å². The molecule has 3 heterocycles. The van der Waals surface area contributed by atoms with Crippen LogP contribution < -0.4 is 5.32 Å². The van der Waals surface area contributed by atoms with Crippen molar-refractivity contribution < 1.29 is 4.79 Å². The van der Waals surface area contributed by atoms with Crippen LogP contribution in [0, 0.1) is 13.8 Å². The Morgan fingerprint density at radius 2 is 2.20 bits per heavy atom. The van der Waals surface area contributed by atoms with Crippen molar-refractivity contribution in [1.29, 1.82) is 0 Å². The first kappa shape index (κ1) is 17.8. The third-order valence-electron chi connectivity index (χ3n) is 4.11. The van der Waals surface area contributed by atoms with Gasteiger partial charge in [0, 0.05) is 42.4 Å². The number of imidazole rings is 1. The fourth-order valence-corrected chi connectivity index (χ4v) is 4.38. The molecule has 0 saturated carbocycles.